The zero-order chi connectivity index (χ0) is 13.9. The van der Waals surface area contributed by atoms with E-state index in [1.54, 1.807) is 0 Å². The highest BCUT2D eigenvalue weighted by Crippen LogP contribution is 2.31. The molecule has 0 aromatic heterocycles. The summed E-state index contributed by atoms with van der Waals surface area (Å²) in [6.07, 6.45) is 0. The molecule has 0 saturated carbocycles. The maximum absolute atomic E-state index is 5.98. The number of hydrogen-bond acceptors (Lipinski definition) is 2. The van der Waals surface area contributed by atoms with E-state index in [1.807, 2.05) is 12.1 Å². The summed E-state index contributed by atoms with van der Waals surface area (Å²) in [5.74, 6) is 0. The molecule has 2 aromatic rings. The van der Waals surface area contributed by atoms with E-state index in [4.69, 9.17) is 11.6 Å². The Morgan fingerprint density at radius 1 is 1.00 bits per heavy atom. The van der Waals surface area contributed by atoms with Crippen molar-refractivity contribution in [1.29, 1.82) is 0 Å². The number of nitrogens with one attached hydrogen (secondary N) is 1. The number of rotatable bonds is 2. The number of piperazine rings is 1. The molecule has 104 valence electrons. The average Bonchev–Trinajstić information content (AvgIpc) is 2.49. The normalized spacial score (nSPS) is 15.4. The van der Waals surface area contributed by atoms with Crippen LogP contribution < -0.4 is 10.2 Å². The van der Waals surface area contributed by atoms with Gasteiger partial charge in [-0.1, -0.05) is 35.9 Å². The molecule has 2 nitrogen and oxygen atoms in total. The second-order valence-electron chi connectivity index (χ2n) is 5.19. The van der Waals surface area contributed by atoms with Gasteiger partial charge < -0.3 is 10.2 Å². The minimum atomic E-state index is 0.782. The molecule has 0 unspecified atom stereocenters. The Balaban J connectivity index is 1.98. The second kappa shape index (κ2) is 5.86. The van der Waals surface area contributed by atoms with Crippen LogP contribution in [0.5, 0.6) is 0 Å². The Morgan fingerprint density at radius 3 is 2.40 bits per heavy atom. The third-order valence-electron chi connectivity index (χ3n) is 3.92. The Labute approximate surface area is 125 Å². The van der Waals surface area contributed by atoms with Gasteiger partial charge in [-0.3, -0.25) is 0 Å². The van der Waals surface area contributed by atoms with Crippen LogP contribution in [0, 0.1) is 6.92 Å². The van der Waals surface area contributed by atoms with E-state index in [9.17, 15) is 0 Å². The molecule has 0 spiro atoms. The van der Waals surface area contributed by atoms with Crippen molar-refractivity contribution in [2.45, 2.75) is 6.92 Å². The lowest BCUT2D eigenvalue weighted by molar-refractivity contribution is 0.588. The van der Waals surface area contributed by atoms with Crippen molar-refractivity contribution in [3.8, 4) is 11.1 Å². The molecule has 1 fully saturated rings. The first-order valence-electron chi connectivity index (χ1n) is 7.07. The van der Waals surface area contributed by atoms with E-state index in [0.29, 0.717) is 0 Å². The topological polar surface area (TPSA) is 15.3 Å². The van der Waals surface area contributed by atoms with Crippen molar-refractivity contribution < 1.29 is 0 Å². The lowest BCUT2D eigenvalue weighted by atomic mass is 9.98. The molecule has 1 heterocycles. The molecule has 20 heavy (non-hydrogen) atoms. The van der Waals surface area contributed by atoms with Gasteiger partial charge in [-0.05, 0) is 41.8 Å². The van der Waals surface area contributed by atoms with Crippen molar-refractivity contribution in [3.05, 3.63) is 53.1 Å². The quantitative estimate of drug-likeness (QED) is 0.905. The van der Waals surface area contributed by atoms with Gasteiger partial charge in [0.05, 0.1) is 0 Å². The van der Waals surface area contributed by atoms with Crippen molar-refractivity contribution in [2.24, 2.45) is 0 Å². The molecule has 0 bridgehead atoms. The molecule has 3 heteroatoms. The number of benzene rings is 2. The smallest absolute Gasteiger partial charge is 0.0406 e. The van der Waals surface area contributed by atoms with Gasteiger partial charge in [-0.15, -0.1) is 0 Å². The van der Waals surface area contributed by atoms with Crippen molar-refractivity contribution in [1.82, 2.24) is 5.32 Å². The van der Waals surface area contributed by atoms with Crippen LogP contribution in [-0.2, 0) is 0 Å². The Hall–Kier alpha value is -1.51. The number of anilines is 1. The van der Waals surface area contributed by atoms with E-state index < -0.39 is 0 Å². The summed E-state index contributed by atoms with van der Waals surface area (Å²) >= 11 is 5.98. The van der Waals surface area contributed by atoms with Crippen molar-refractivity contribution in [3.63, 3.8) is 0 Å². The molecule has 3 rings (SSSR count). The second-order valence-corrected chi connectivity index (χ2v) is 5.63. The van der Waals surface area contributed by atoms with Crippen LogP contribution >= 0.6 is 11.6 Å². The van der Waals surface area contributed by atoms with Crippen molar-refractivity contribution in [2.75, 3.05) is 31.1 Å². The number of hydrogen-bond donors (Lipinski definition) is 1. The molecular weight excluding hydrogens is 268 g/mol. The minimum Gasteiger partial charge on any atom is -0.369 e. The predicted octanol–water partition coefficient (Wildman–Crippen LogP) is 3.73. The van der Waals surface area contributed by atoms with E-state index >= 15 is 0 Å². The molecule has 0 amide bonds. The highest BCUT2D eigenvalue weighted by atomic mass is 35.5. The Morgan fingerprint density at radius 2 is 1.70 bits per heavy atom. The van der Waals surface area contributed by atoms with Crippen LogP contribution in [0.1, 0.15) is 5.56 Å². The molecule has 0 aliphatic carbocycles. The van der Waals surface area contributed by atoms with Crippen molar-refractivity contribution >= 4 is 17.3 Å². The van der Waals surface area contributed by atoms with Crippen LogP contribution in [0.2, 0.25) is 5.02 Å². The average molecular weight is 287 g/mol. The maximum atomic E-state index is 5.98. The highest BCUT2D eigenvalue weighted by Gasteiger charge is 2.14. The molecular formula is C17H19ClN2. The SMILES string of the molecule is Cc1c(-c2ccc(Cl)cc2)cccc1N1CCNCC1. The molecule has 1 N–H and O–H groups in total. The minimum absolute atomic E-state index is 0.782. The zero-order valence-corrected chi connectivity index (χ0v) is 12.5. The van der Waals surface area contributed by atoms with Gasteiger partial charge >= 0.3 is 0 Å². The molecule has 0 radical (unpaired) electrons. The van der Waals surface area contributed by atoms with E-state index in [2.05, 4.69) is 47.5 Å². The summed E-state index contributed by atoms with van der Waals surface area (Å²) in [4.78, 5) is 2.46. The lowest BCUT2D eigenvalue weighted by Gasteiger charge is -2.31. The first-order valence-corrected chi connectivity index (χ1v) is 7.45. The lowest BCUT2D eigenvalue weighted by Crippen LogP contribution is -2.43. The van der Waals surface area contributed by atoms with Crippen LogP contribution in [0.4, 0.5) is 5.69 Å². The molecule has 0 atom stereocenters. The van der Waals surface area contributed by atoms with Crippen LogP contribution in [-0.4, -0.2) is 26.2 Å². The molecule has 1 aliphatic heterocycles. The Bertz CT molecular complexity index is 586. The fraction of sp³-hybridized carbons (Fsp3) is 0.294. The standard InChI is InChI=1S/C17H19ClN2/c1-13-16(14-5-7-15(18)8-6-14)3-2-4-17(13)20-11-9-19-10-12-20/h2-8,19H,9-12H2,1H3. The number of halogens is 1. The third-order valence-corrected chi connectivity index (χ3v) is 4.17. The molecule has 1 saturated heterocycles. The van der Waals surface area contributed by atoms with Gasteiger partial charge in [0.25, 0.3) is 0 Å². The maximum Gasteiger partial charge on any atom is 0.0406 e. The molecule has 2 aromatic carbocycles. The third kappa shape index (κ3) is 2.67. The number of nitrogens with zero attached hydrogens (tertiary/aromatic N) is 1. The summed E-state index contributed by atoms with van der Waals surface area (Å²) in [7, 11) is 0. The summed E-state index contributed by atoms with van der Waals surface area (Å²) in [6, 6.07) is 14.6. The van der Waals surface area contributed by atoms with Gasteiger partial charge in [0.1, 0.15) is 0 Å². The highest BCUT2D eigenvalue weighted by molar-refractivity contribution is 6.30. The van der Waals surface area contributed by atoms with Crippen LogP contribution in [0.15, 0.2) is 42.5 Å². The Kier molecular flexibility index (Phi) is 3.95. The van der Waals surface area contributed by atoms with Gasteiger partial charge in [-0.25, -0.2) is 0 Å². The van der Waals surface area contributed by atoms with E-state index in [-0.39, 0.29) is 0 Å². The summed E-state index contributed by atoms with van der Waals surface area (Å²) in [6.45, 7) is 6.48. The van der Waals surface area contributed by atoms with Gasteiger partial charge in [-0.2, -0.15) is 0 Å². The first kappa shape index (κ1) is 13.5. The fourth-order valence-electron chi connectivity index (χ4n) is 2.81. The monoisotopic (exact) mass is 286 g/mol. The van der Waals surface area contributed by atoms with E-state index in [0.717, 1.165) is 31.2 Å². The first-order chi connectivity index (χ1) is 9.75. The van der Waals surface area contributed by atoms with Gasteiger partial charge in [0, 0.05) is 36.9 Å². The largest absolute Gasteiger partial charge is 0.369 e. The summed E-state index contributed by atoms with van der Waals surface area (Å²) in [5.41, 5.74) is 5.21. The zero-order valence-electron chi connectivity index (χ0n) is 11.7. The van der Waals surface area contributed by atoms with Crippen LogP contribution in [0.25, 0.3) is 11.1 Å². The molecule has 1 aliphatic rings. The van der Waals surface area contributed by atoms with Gasteiger partial charge in [0.2, 0.25) is 0 Å². The predicted molar refractivity (Wildman–Crippen MR) is 86.7 cm³/mol. The summed E-state index contributed by atoms with van der Waals surface area (Å²) in [5, 5.41) is 4.18. The van der Waals surface area contributed by atoms with E-state index in [1.165, 1.54) is 22.4 Å². The van der Waals surface area contributed by atoms with Crippen LogP contribution in [0.3, 0.4) is 0 Å². The fourth-order valence-corrected chi connectivity index (χ4v) is 2.94. The van der Waals surface area contributed by atoms with Gasteiger partial charge in [0.15, 0.2) is 0 Å². The summed E-state index contributed by atoms with van der Waals surface area (Å²) < 4.78 is 0.